The second kappa shape index (κ2) is 7.91. The van der Waals surface area contributed by atoms with Crippen molar-refractivity contribution in [2.24, 2.45) is 0 Å². The van der Waals surface area contributed by atoms with Gasteiger partial charge in [0.25, 0.3) is 0 Å². The molecular formula is C23H25N5O. The van der Waals surface area contributed by atoms with E-state index in [0.29, 0.717) is 34.9 Å². The van der Waals surface area contributed by atoms with Gasteiger partial charge in [0.2, 0.25) is 0 Å². The van der Waals surface area contributed by atoms with Crippen molar-refractivity contribution in [1.82, 2.24) is 14.9 Å². The Kier molecular flexibility index (Phi) is 5.16. The van der Waals surface area contributed by atoms with Gasteiger partial charge in [0, 0.05) is 37.7 Å². The number of hydrogen-bond donors (Lipinski definition) is 3. The Hall–Kier alpha value is -3.41. The third kappa shape index (κ3) is 3.53. The van der Waals surface area contributed by atoms with Gasteiger partial charge >= 0.3 is 0 Å². The Morgan fingerprint density at radius 3 is 2.66 bits per heavy atom. The molecular weight excluding hydrogens is 362 g/mol. The minimum absolute atomic E-state index is 0.0852. The molecule has 0 spiro atoms. The van der Waals surface area contributed by atoms with E-state index in [9.17, 15) is 4.79 Å². The molecule has 0 atom stereocenters. The monoisotopic (exact) mass is 387 g/mol. The third-order valence-corrected chi connectivity index (χ3v) is 5.48. The van der Waals surface area contributed by atoms with Crippen LogP contribution in [0.4, 0.5) is 5.69 Å². The van der Waals surface area contributed by atoms with Gasteiger partial charge in [-0.25, -0.2) is 4.98 Å². The minimum Gasteiger partial charge on any atom is -0.387 e. The lowest BCUT2D eigenvalue weighted by Crippen LogP contribution is -2.21. The number of aryl methyl sites for hydroxylation is 1. The summed E-state index contributed by atoms with van der Waals surface area (Å²) in [5.41, 5.74) is 5.37. The Bertz CT molecular complexity index is 1140. The molecule has 0 unspecified atom stereocenters. The number of nitrogens with one attached hydrogen (secondary N) is 3. The molecule has 2 aromatic heterocycles. The number of anilines is 1. The quantitative estimate of drug-likeness (QED) is 0.567. The second-order valence-electron chi connectivity index (χ2n) is 7.27. The Balaban J connectivity index is 1.73. The first kappa shape index (κ1) is 18.9. The average molecular weight is 387 g/mol. The van der Waals surface area contributed by atoms with Crippen molar-refractivity contribution in [3.05, 3.63) is 75.7 Å². The van der Waals surface area contributed by atoms with Crippen molar-refractivity contribution < 1.29 is 0 Å². The lowest BCUT2D eigenvalue weighted by Gasteiger charge is -2.16. The van der Waals surface area contributed by atoms with Crippen molar-refractivity contribution in [2.75, 3.05) is 12.4 Å². The standard InChI is InChI=1S/C23H25N5O/c1-3-28-14-20(21(25-2)8-9-24)22(29)19-12-18(13-26-23(19)28)27-17-10-15-6-4-5-7-16(15)11-17/h4-9,12-14,17,24-25,27H,3,10-11H2,1-2H3/b21-8-,24-9?. The summed E-state index contributed by atoms with van der Waals surface area (Å²) in [7, 11) is 1.75. The molecule has 0 fully saturated rings. The van der Waals surface area contributed by atoms with Crippen molar-refractivity contribution >= 4 is 28.6 Å². The lowest BCUT2D eigenvalue weighted by atomic mass is 10.1. The molecule has 6 nitrogen and oxygen atoms in total. The molecule has 1 aliphatic carbocycles. The number of aromatic nitrogens is 2. The summed E-state index contributed by atoms with van der Waals surface area (Å²) in [5.74, 6) is 0. The van der Waals surface area contributed by atoms with Crippen molar-refractivity contribution in [2.45, 2.75) is 32.4 Å². The molecule has 0 radical (unpaired) electrons. The number of benzene rings is 1. The molecule has 0 saturated carbocycles. The van der Waals surface area contributed by atoms with Gasteiger partial charge in [0.05, 0.1) is 22.8 Å². The van der Waals surface area contributed by atoms with E-state index in [1.807, 2.05) is 30.0 Å². The number of fused-ring (bicyclic) bond motifs is 2. The highest BCUT2D eigenvalue weighted by Crippen LogP contribution is 2.25. The summed E-state index contributed by atoms with van der Waals surface area (Å²) >= 11 is 0. The van der Waals surface area contributed by atoms with Crippen LogP contribution in [0.1, 0.15) is 23.6 Å². The summed E-state index contributed by atoms with van der Waals surface area (Å²) in [6.45, 7) is 2.72. The summed E-state index contributed by atoms with van der Waals surface area (Å²) < 4.78 is 1.97. The van der Waals surface area contributed by atoms with Crippen LogP contribution in [0.3, 0.4) is 0 Å². The molecule has 0 bridgehead atoms. The van der Waals surface area contributed by atoms with Crippen molar-refractivity contribution in [3.8, 4) is 0 Å². The molecule has 3 N–H and O–H groups in total. The van der Waals surface area contributed by atoms with Crippen LogP contribution in [-0.4, -0.2) is 28.9 Å². The highest BCUT2D eigenvalue weighted by molar-refractivity contribution is 5.86. The second-order valence-corrected chi connectivity index (χ2v) is 7.27. The summed E-state index contributed by atoms with van der Waals surface area (Å²) in [4.78, 5) is 17.8. The van der Waals surface area contributed by atoms with E-state index in [0.717, 1.165) is 18.5 Å². The maximum atomic E-state index is 13.2. The first-order valence-electron chi connectivity index (χ1n) is 9.90. The fourth-order valence-electron chi connectivity index (χ4n) is 4.07. The molecule has 29 heavy (non-hydrogen) atoms. The van der Waals surface area contributed by atoms with Gasteiger partial charge in [-0.2, -0.15) is 0 Å². The van der Waals surface area contributed by atoms with Crippen LogP contribution >= 0.6 is 0 Å². The molecule has 1 aliphatic rings. The number of rotatable bonds is 6. The Morgan fingerprint density at radius 1 is 1.31 bits per heavy atom. The minimum atomic E-state index is -0.0852. The molecule has 0 saturated heterocycles. The van der Waals surface area contributed by atoms with Crippen molar-refractivity contribution in [3.63, 3.8) is 0 Å². The van der Waals surface area contributed by atoms with E-state index >= 15 is 0 Å². The van der Waals surface area contributed by atoms with Crippen molar-refractivity contribution in [1.29, 1.82) is 5.41 Å². The number of pyridine rings is 2. The fourth-order valence-corrected chi connectivity index (χ4v) is 4.07. The van der Waals surface area contributed by atoms with Gasteiger partial charge in [-0.05, 0) is 43.0 Å². The van der Waals surface area contributed by atoms with Crippen LogP contribution in [0.15, 0.2) is 53.6 Å². The first-order chi connectivity index (χ1) is 14.1. The number of hydrogen-bond acceptors (Lipinski definition) is 5. The van der Waals surface area contributed by atoms with E-state index in [1.165, 1.54) is 17.3 Å². The highest BCUT2D eigenvalue weighted by Gasteiger charge is 2.21. The maximum Gasteiger partial charge on any atom is 0.200 e. The molecule has 0 aliphatic heterocycles. The molecule has 3 aromatic rings. The average Bonchev–Trinajstić information content (AvgIpc) is 3.15. The lowest BCUT2D eigenvalue weighted by molar-refractivity contribution is 0.767. The molecule has 148 valence electrons. The van der Waals surface area contributed by atoms with Gasteiger partial charge in [0.1, 0.15) is 5.65 Å². The van der Waals surface area contributed by atoms with E-state index in [2.05, 4.69) is 39.9 Å². The molecule has 4 rings (SSSR count). The van der Waals surface area contributed by atoms with E-state index < -0.39 is 0 Å². The van der Waals surface area contributed by atoms with Gasteiger partial charge in [0.15, 0.2) is 5.43 Å². The number of nitrogens with zero attached hydrogens (tertiary/aromatic N) is 2. The van der Waals surface area contributed by atoms with Crippen LogP contribution in [-0.2, 0) is 19.4 Å². The molecule has 2 heterocycles. The molecule has 0 amide bonds. The highest BCUT2D eigenvalue weighted by atomic mass is 16.1. The van der Waals surface area contributed by atoms with Crippen LogP contribution in [0.2, 0.25) is 0 Å². The van der Waals surface area contributed by atoms with Gasteiger partial charge in [-0.15, -0.1) is 0 Å². The zero-order valence-electron chi connectivity index (χ0n) is 16.7. The van der Waals surface area contributed by atoms with Gasteiger partial charge < -0.3 is 20.6 Å². The summed E-state index contributed by atoms with van der Waals surface area (Å²) in [6, 6.07) is 10.7. The fraction of sp³-hybridized carbons (Fsp3) is 0.261. The maximum absolute atomic E-state index is 13.2. The van der Waals surface area contributed by atoms with Gasteiger partial charge in [-0.1, -0.05) is 24.3 Å². The molecule has 6 heteroatoms. The van der Waals surface area contributed by atoms with E-state index in [-0.39, 0.29) is 5.43 Å². The number of allylic oxidation sites excluding steroid dienone is 1. The topological polar surface area (TPSA) is 82.8 Å². The first-order valence-corrected chi connectivity index (χ1v) is 9.90. The third-order valence-electron chi connectivity index (χ3n) is 5.48. The van der Waals surface area contributed by atoms with E-state index in [4.69, 9.17) is 5.41 Å². The Labute approximate surface area is 169 Å². The smallest absolute Gasteiger partial charge is 0.200 e. The van der Waals surface area contributed by atoms with Gasteiger partial charge in [-0.3, -0.25) is 4.79 Å². The largest absolute Gasteiger partial charge is 0.387 e. The van der Waals surface area contributed by atoms with Crippen LogP contribution in [0.5, 0.6) is 0 Å². The van der Waals surface area contributed by atoms with Crippen LogP contribution in [0, 0.1) is 5.41 Å². The van der Waals surface area contributed by atoms with E-state index in [1.54, 1.807) is 13.1 Å². The predicted octanol–water partition coefficient (Wildman–Crippen LogP) is 3.21. The normalized spacial score (nSPS) is 14.1. The van der Waals surface area contributed by atoms with Crippen LogP contribution in [0.25, 0.3) is 16.7 Å². The Morgan fingerprint density at radius 2 is 2.03 bits per heavy atom. The molecule has 1 aromatic carbocycles. The predicted molar refractivity (Wildman–Crippen MR) is 119 cm³/mol. The van der Waals surface area contributed by atoms with Crippen LogP contribution < -0.4 is 16.1 Å². The SMILES string of the molecule is CCn1cc(/C(=C/C=N)NC)c(=O)c2cc(NC3Cc4ccccc4C3)cnc21. The summed E-state index contributed by atoms with van der Waals surface area (Å²) in [5, 5.41) is 14.5. The zero-order chi connectivity index (χ0) is 20.4. The zero-order valence-corrected chi connectivity index (χ0v) is 16.7. The summed E-state index contributed by atoms with van der Waals surface area (Å²) in [6.07, 6.45) is 8.33.